The number of imidazole rings is 1. The highest BCUT2D eigenvalue weighted by atomic mass is 15.1. The Hall–Kier alpha value is -1.61. The second kappa shape index (κ2) is 5.57. The van der Waals surface area contributed by atoms with Crippen LogP contribution in [0.3, 0.4) is 0 Å². The third kappa shape index (κ3) is 2.87. The molecule has 3 nitrogen and oxygen atoms in total. The Labute approximate surface area is 114 Å². The molecule has 3 rings (SSSR count). The minimum atomic E-state index is 0.613. The highest BCUT2D eigenvalue weighted by Crippen LogP contribution is 2.23. The lowest BCUT2D eigenvalue weighted by Gasteiger charge is -2.23. The summed E-state index contributed by atoms with van der Waals surface area (Å²) in [5.74, 6) is 0.613. The average Bonchev–Trinajstić information content (AvgIpc) is 2.90. The molecule has 1 aromatic heterocycles. The lowest BCUT2D eigenvalue weighted by Crippen LogP contribution is -2.29. The zero-order chi connectivity index (χ0) is 13.1. The Bertz CT molecular complexity index is 521. The Morgan fingerprint density at radius 2 is 2.16 bits per heavy atom. The highest BCUT2D eigenvalue weighted by molar-refractivity contribution is 5.22. The molecular weight excluding hydrogens is 234 g/mol. The number of nitrogens with zero attached hydrogens (tertiary/aromatic N) is 2. The molecule has 1 atom stereocenters. The zero-order valence-corrected chi connectivity index (χ0v) is 11.5. The molecule has 100 valence electrons. The summed E-state index contributed by atoms with van der Waals surface area (Å²) in [6, 6.07) is 8.76. The first-order chi connectivity index (χ1) is 9.33. The van der Waals surface area contributed by atoms with Gasteiger partial charge in [0.15, 0.2) is 0 Å². The van der Waals surface area contributed by atoms with Crippen molar-refractivity contribution >= 4 is 0 Å². The summed E-state index contributed by atoms with van der Waals surface area (Å²) in [4.78, 5) is 4.35. The third-order valence-corrected chi connectivity index (χ3v) is 3.93. The van der Waals surface area contributed by atoms with E-state index in [0.29, 0.717) is 5.92 Å². The van der Waals surface area contributed by atoms with Crippen molar-refractivity contribution in [2.24, 2.45) is 0 Å². The van der Waals surface area contributed by atoms with Crippen molar-refractivity contribution in [1.82, 2.24) is 14.9 Å². The molecule has 0 radical (unpaired) electrons. The summed E-state index contributed by atoms with van der Waals surface area (Å²) in [7, 11) is 0. The second-order valence-corrected chi connectivity index (χ2v) is 5.48. The Morgan fingerprint density at radius 1 is 1.32 bits per heavy atom. The van der Waals surface area contributed by atoms with E-state index in [1.54, 1.807) is 0 Å². The van der Waals surface area contributed by atoms with Gasteiger partial charge in [-0.1, -0.05) is 29.8 Å². The minimum Gasteiger partial charge on any atom is -0.330 e. The second-order valence-electron chi connectivity index (χ2n) is 5.48. The van der Waals surface area contributed by atoms with Gasteiger partial charge in [0.1, 0.15) is 0 Å². The van der Waals surface area contributed by atoms with Gasteiger partial charge in [0.2, 0.25) is 0 Å². The van der Waals surface area contributed by atoms with E-state index in [1.807, 2.05) is 12.5 Å². The fourth-order valence-electron chi connectivity index (χ4n) is 2.80. The summed E-state index contributed by atoms with van der Waals surface area (Å²) in [6.07, 6.45) is 6.53. The number of benzene rings is 1. The van der Waals surface area contributed by atoms with E-state index in [4.69, 9.17) is 0 Å². The van der Waals surface area contributed by atoms with Crippen molar-refractivity contribution in [3.05, 3.63) is 53.6 Å². The lowest BCUT2D eigenvalue weighted by molar-refractivity contribution is 0.444. The topological polar surface area (TPSA) is 29.9 Å². The molecule has 0 aliphatic carbocycles. The van der Waals surface area contributed by atoms with Gasteiger partial charge in [0.05, 0.1) is 6.33 Å². The van der Waals surface area contributed by atoms with Gasteiger partial charge in [-0.15, -0.1) is 0 Å². The van der Waals surface area contributed by atoms with Gasteiger partial charge in [-0.05, 0) is 31.9 Å². The van der Waals surface area contributed by atoms with Crippen molar-refractivity contribution in [3.63, 3.8) is 0 Å². The van der Waals surface area contributed by atoms with Gasteiger partial charge in [0.25, 0.3) is 0 Å². The number of nitrogens with one attached hydrogen (secondary N) is 1. The SMILES string of the molecule is Cc1ccc(Cn2cncc2C2CCCNC2)cc1. The number of aromatic nitrogens is 2. The first kappa shape index (κ1) is 12.4. The number of piperidine rings is 1. The van der Waals surface area contributed by atoms with Crippen LogP contribution < -0.4 is 5.32 Å². The first-order valence-electron chi connectivity index (χ1n) is 7.09. The van der Waals surface area contributed by atoms with Gasteiger partial charge in [-0.2, -0.15) is 0 Å². The lowest BCUT2D eigenvalue weighted by atomic mass is 9.96. The molecule has 1 aliphatic rings. The maximum absolute atomic E-state index is 4.35. The van der Waals surface area contributed by atoms with E-state index in [9.17, 15) is 0 Å². The zero-order valence-electron chi connectivity index (χ0n) is 11.5. The van der Waals surface area contributed by atoms with Crippen molar-refractivity contribution < 1.29 is 0 Å². The van der Waals surface area contributed by atoms with Crippen LogP contribution in [0.25, 0.3) is 0 Å². The van der Waals surface area contributed by atoms with Crippen LogP contribution in [0.15, 0.2) is 36.8 Å². The van der Waals surface area contributed by atoms with E-state index < -0.39 is 0 Å². The van der Waals surface area contributed by atoms with Crippen LogP contribution in [-0.4, -0.2) is 22.6 Å². The smallest absolute Gasteiger partial charge is 0.0951 e. The molecule has 1 aromatic carbocycles. The molecule has 19 heavy (non-hydrogen) atoms. The number of hydrogen-bond donors (Lipinski definition) is 1. The van der Waals surface area contributed by atoms with Crippen molar-refractivity contribution in [1.29, 1.82) is 0 Å². The van der Waals surface area contributed by atoms with E-state index >= 15 is 0 Å². The number of aryl methyl sites for hydroxylation is 1. The standard InChI is InChI=1S/C16H21N3/c1-13-4-6-14(7-5-13)11-19-12-18-10-16(19)15-3-2-8-17-9-15/h4-7,10,12,15,17H,2-3,8-9,11H2,1H3. The van der Waals surface area contributed by atoms with Crippen LogP contribution in [0.1, 0.15) is 35.6 Å². The summed E-state index contributed by atoms with van der Waals surface area (Å²) >= 11 is 0. The molecule has 1 aliphatic heterocycles. The van der Waals surface area contributed by atoms with E-state index in [1.165, 1.54) is 29.7 Å². The van der Waals surface area contributed by atoms with Gasteiger partial charge < -0.3 is 9.88 Å². The maximum atomic E-state index is 4.35. The molecule has 1 N–H and O–H groups in total. The van der Waals surface area contributed by atoms with E-state index in [2.05, 4.69) is 46.1 Å². The predicted molar refractivity (Wildman–Crippen MR) is 77.4 cm³/mol. The summed E-state index contributed by atoms with van der Waals surface area (Å²) in [5.41, 5.74) is 4.02. The van der Waals surface area contributed by atoms with Crippen LogP contribution in [0, 0.1) is 6.92 Å². The molecule has 2 aromatic rings. The normalized spacial score (nSPS) is 19.5. The summed E-state index contributed by atoms with van der Waals surface area (Å²) < 4.78 is 2.29. The number of hydrogen-bond acceptors (Lipinski definition) is 2. The van der Waals surface area contributed by atoms with Crippen LogP contribution in [0.5, 0.6) is 0 Å². The molecular formula is C16H21N3. The van der Waals surface area contributed by atoms with E-state index in [0.717, 1.165) is 19.6 Å². The molecule has 2 heterocycles. The van der Waals surface area contributed by atoms with Gasteiger partial charge in [-0.25, -0.2) is 4.98 Å². The molecule has 1 fully saturated rings. The third-order valence-electron chi connectivity index (χ3n) is 3.93. The molecule has 1 unspecified atom stereocenters. The molecule has 0 saturated carbocycles. The predicted octanol–water partition coefficient (Wildman–Crippen LogP) is 2.71. The summed E-state index contributed by atoms with van der Waals surface area (Å²) in [6.45, 7) is 5.29. The van der Waals surface area contributed by atoms with Gasteiger partial charge in [0, 0.05) is 30.9 Å². The maximum Gasteiger partial charge on any atom is 0.0951 e. The fraction of sp³-hybridized carbons (Fsp3) is 0.438. The monoisotopic (exact) mass is 255 g/mol. The van der Waals surface area contributed by atoms with Crippen LogP contribution in [0.4, 0.5) is 0 Å². The fourth-order valence-corrected chi connectivity index (χ4v) is 2.80. The van der Waals surface area contributed by atoms with Gasteiger partial charge in [-0.3, -0.25) is 0 Å². The molecule has 1 saturated heterocycles. The van der Waals surface area contributed by atoms with E-state index in [-0.39, 0.29) is 0 Å². The van der Waals surface area contributed by atoms with Crippen molar-refractivity contribution in [2.75, 3.05) is 13.1 Å². The van der Waals surface area contributed by atoms with Crippen molar-refractivity contribution in [2.45, 2.75) is 32.2 Å². The molecule has 0 spiro atoms. The highest BCUT2D eigenvalue weighted by Gasteiger charge is 2.18. The average molecular weight is 255 g/mol. The number of rotatable bonds is 3. The van der Waals surface area contributed by atoms with Gasteiger partial charge >= 0.3 is 0 Å². The minimum absolute atomic E-state index is 0.613. The van der Waals surface area contributed by atoms with Crippen LogP contribution in [-0.2, 0) is 6.54 Å². The Balaban J connectivity index is 1.77. The van der Waals surface area contributed by atoms with Crippen LogP contribution >= 0.6 is 0 Å². The largest absolute Gasteiger partial charge is 0.330 e. The molecule has 0 amide bonds. The quantitative estimate of drug-likeness (QED) is 0.914. The van der Waals surface area contributed by atoms with Crippen LogP contribution in [0.2, 0.25) is 0 Å². The molecule has 3 heteroatoms. The summed E-state index contributed by atoms with van der Waals surface area (Å²) in [5, 5.41) is 3.48. The van der Waals surface area contributed by atoms with Crippen molar-refractivity contribution in [3.8, 4) is 0 Å². The Morgan fingerprint density at radius 3 is 2.89 bits per heavy atom. The molecule has 0 bridgehead atoms. The Kier molecular flexibility index (Phi) is 3.65. The first-order valence-corrected chi connectivity index (χ1v) is 7.09.